The zero-order valence-electron chi connectivity index (χ0n) is 9.73. The van der Waals surface area contributed by atoms with Gasteiger partial charge < -0.3 is 10.1 Å². The van der Waals surface area contributed by atoms with Gasteiger partial charge in [-0.25, -0.2) is 9.37 Å². The first-order chi connectivity index (χ1) is 8.83. The number of hydrogen-bond donors (Lipinski definition) is 1. The summed E-state index contributed by atoms with van der Waals surface area (Å²) in [6.07, 6.45) is 0. The molecule has 94 valence electrons. The smallest absolute Gasteiger partial charge is 0.123 e. The standard InChI is InChI=1S/C13H13FN2OS/c14-10-3-1-9(2-4-10)12-8-18-13(16-12)11-7-17-6-5-15-11/h1-4,8,11,15H,5-7H2. The van der Waals surface area contributed by atoms with Gasteiger partial charge in [0.05, 0.1) is 24.9 Å². The lowest BCUT2D eigenvalue weighted by Crippen LogP contribution is -2.34. The molecule has 18 heavy (non-hydrogen) atoms. The van der Waals surface area contributed by atoms with Crippen LogP contribution in [0.3, 0.4) is 0 Å². The van der Waals surface area contributed by atoms with Gasteiger partial charge in [-0.15, -0.1) is 11.3 Å². The van der Waals surface area contributed by atoms with Gasteiger partial charge in [0.1, 0.15) is 10.8 Å². The zero-order valence-corrected chi connectivity index (χ0v) is 10.5. The second-order valence-electron chi connectivity index (χ2n) is 4.16. The highest BCUT2D eigenvalue weighted by Gasteiger charge is 2.18. The van der Waals surface area contributed by atoms with Crippen LogP contribution in [-0.4, -0.2) is 24.7 Å². The summed E-state index contributed by atoms with van der Waals surface area (Å²) >= 11 is 1.61. The number of ether oxygens (including phenoxy) is 1. The maximum Gasteiger partial charge on any atom is 0.123 e. The van der Waals surface area contributed by atoms with E-state index in [-0.39, 0.29) is 11.9 Å². The zero-order chi connectivity index (χ0) is 12.4. The number of thiazole rings is 1. The largest absolute Gasteiger partial charge is 0.378 e. The minimum Gasteiger partial charge on any atom is -0.378 e. The fourth-order valence-corrected chi connectivity index (χ4v) is 2.81. The van der Waals surface area contributed by atoms with Crippen LogP contribution in [0.1, 0.15) is 11.0 Å². The van der Waals surface area contributed by atoms with Gasteiger partial charge in [-0.3, -0.25) is 0 Å². The van der Waals surface area contributed by atoms with Gasteiger partial charge in [0.2, 0.25) is 0 Å². The van der Waals surface area contributed by atoms with Crippen LogP contribution in [0.15, 0.2) is 29.6 Å². The molecule has 0 radical (unpaired) electrons. The Hall–Kier alpha value is -1.30. The van der Waals surface area contributed by atoms with E-state index in [9.17, 15) is 4.39 Å². The van der Waals surface area contributed by atoms with Gasteiger partial charge in [0.25, 0.3) is 0 Å². The molecular weight excluding hydrogens is 251 g/mol. The van der Waals surface area contributed by atoms with E-state index in [1.54, 1.807) is 23.5 Å². The number of nitrogens with zero attached hydrogens (tertiary/aromatic N) is 1. The van der Waals surface area contributed by atoms with Crippen molar-refractivity contribution in [3.05, 3.63) is 40.5 Å². The van der Waals surface area contributed by atoms with Crippen molar-refractivity contribution in [3.63, 3.8) is 0 Å². The minimum absolute atomic E-state index is 0.179. The molecule has 0 bridgehead atoms. The summed E-state index contributed by atoms with van der Waals surface area (Å²) in [5.41, 5.74) is 1.83. The number of morpholine rings is 1. The number of aromatic nitrogens is 1. The summed E-state index contributed by atoms with van der Waals surface area (Å²) in [6.45, 7) is 2.28. The van der Waals surface area contributed by atoms with Crippen molar-refractivity contribution in [2.75, 3.05) is 19.8 Å². The molecule has 0 spiro atoms. The van der Waals surface area contributed by atoms with E-state index in [1.807, 2.05) is 5.38 Å². The van der Waals surface area contributed by atoms with Crippen LogP contribution in [0, 0.1) is 5.82 Å². The summed E-state index contributed by atoms with van der Waals surface area (Å²) in [4.78, 5) is 4.59. The average molecular weight is 264 g/mol. The Morgan fingerprint density at radius 3 is 2.89 bits per heavy atom. The molecular formula is C13H13FN2OS. The Kier molecular flexibility index (Phi) is 3.36. The van der Waals surface area contributed by atoms with Gasteiger partial charge in [0, 0.05) is 17.5 Å². The van der Waals surface area contributed by atoms with Gasteiger partial charge in [0.15, 0.2) is 0 Å². The molecule has 1 atom stereocenters. The Bertz CT molecular complexity index is 520. The first-order valence-corrected chi connectivity index (χ1v) is 6.73. The molecule has 5 heteroatoms. The third kappa shape index (κ3) is 2.43. The summed E-state index contributed by atoms with van der Waals surface area (Å²) < 4.78 is 18.3. The lowest BCUT2D eigenvalue weighted by Gasteiger charge is -2.21. The highest BCUT2D eigenvalue weighted by atomic mass is 32.1. The third-order valence-electron chi connectivity index (χ3n) is 2.88. The van der Waals surface area contributed by atoms with Crippen LogP contribution in [-0.2, 0) is 4.74 Å². The molecule has 1 N–H and O–H groups in total. The quantitative estimate of drug-likeness (QED) is 0.905. The van der Waals surface area contributed by atoms with E-state index in [0.717, 1.165) is 29.4 Å². The Labute approximate surface area is 109 Å². The van der Waals surface area contributed by atoms with Crippen LogP contribution < -0.4 is 5.32 Å². The van der Waals surface area contributed by atoms with Crippen LogP contribution in [0.4, 0.5) is 4.39 Å². The maximum absolute atomic E-state index is 12.9. The first-order valence-electron chi connectivity index (χ1n) is 5.85. The molecule has 0 amide bonds. The van der Waals surface area contributed by atoms with Crippen LogP contribution in [0.25, 0.3) is 11.3 Å². The molecule has 1 aliphatic rings. The Morgan fingerprint density at radius 2 is 2.17 bits per heavy atom. The highest BCUT2D eigenvalue weighted by Crippen LogP contribution is 2.26. The number of hydrogen-bond acceptors (Lipinski definition) is 4. The Morgan fingerprint density at radius 1 is 1.33 bits per heavy atom. The maximum atomic E-state index is 12.9. The van der Waals surface area contributed by atoms with Crippen molar-refractivity contribution in [1.82, 2.24) is 10.3 Å². The van der Waals surface area contributed by atoms with Gasteiger partial charge in [-0.2, -0.15) is 0 Å². The molecule has 0 aliphatic carbocycles. The first kappa shape index (κ1) is 11.8. The number of halogens is 1. The van der Waals surface area contributed by atoms with E-state index in [2.05, 4.69) is 10.3 Å². The summed E-state index contributed by atoms with van der Waals surface area (Å²) in [6, 6.07) is 6.59. The number of benzene rings is 1. The van der Waals surface area contributed by atoms with Crippen LogP contribution in [0.2, 0.25) is 0 Å². The predicted octanol–water partition coefficient (Wildman–Crippen LogP) is 2.61. The average Bonchev–Trinajstić information content (AvgIpc) is 2.90. The molecule has 2 aromatic rings. The van der Waals surface area contributed by atoms with E-state index in [1.165, 1.54) is 12.1 Å². The fourth-order valence-electron chi connectivity index (χ4n) is 1.92. The second kappa shape index (κ2) is 5.14. The summed E-state index contributed by atoms with van der Waals surface area (Å²) in [7, 11) is 0. The van der Waals surface area contributed by atoms with Crippen molar-refractivity contribution >= 4 is 11.3 Å². The monoisotopic (exact) mass is 264 g/mol. The number of nitrogens with one attached hydrogen (secondary N) is 1. The van der Waals surface area contributed by atoms with Crippen LogP contribution >= 0.6 is 11.3 Å². The molecule has 1 saturated heterocycles. The normalized spacial score (nSPS) is 19.9. The third-order valence-corrected chi connectivity index (χ3v) is 3.84. The minimum atomic E-state index is -0.225. The molecule has 1 aliphatic heterocycles. The van der Waals surface area contributed by atoms with Crippen molar-refractivity contribution in [1.29, 1.82) is 0 Å². The van der Waals surface area contributed by atoms with Gasteiger partial charge >= 0.3 is 0 Å². The van der Waals surface area contributed by atoms with Crippen molar-refractivity contribution in [2.45, 2.75) is 6.04 Å². The molecule has 1 aromatic heterocycles. The molecule has 1 unspecified atom stereocenters. The Balaban J connectivity index is 1.82. The molecule has 3 rings (SSSR count). The topological polar surface area (TPSA) is 34.1 Å². The SMILES string of the molecule is Fc1ccc(-c2csc(C3COCCN3)n2)cc1. The van der Waals surface area contributed by atoms with Crippen molar-refractivity contribution in [3.8, 4) is 11.3 Å². The predicted molar refractivity (Wildman–Crippen MR) is 69.1 cm³/mol. The lowest BCUT2D eigenvalue weighted by molar-refractivity contribution is 0.0768. The molecule has 2 heterocycles. The highest BCUT2D eigenvalue weighted by molar-refractivity contribution is 7.10. The van der Waals surface area contributed by atoms with Gasteiger partial charge in [-0.1, -0.05) is 0 Å². The molecule has 3 nitrogen and oxygen atoms in total. The van der Waals surface area contributed by atoms with E-state index < -0.39 is 0 Å². The van der Waals surface area contributed by atoms with E-state index >= 15 is 0 Å². The fraction of sp³-hybridized carbons (Fsp3) is 0.308. The van der Waals surface area contributed by atoms with Crippen molar-refractivity contribution < 1.29 is 9.13 Å². The molecule has 1 aromatic carbocycles. The lowest BCUT2D eigenvalue weighted by atomic mass is 10.2. The van der Waals surface area contributed by atoms with E-state index in [0.29, 0.717) is 6.61 Å². The van der Waals surface area contributed by atoms with E-state index in [4.69, 9.17) is 4.74 Å². The van der Waals surface area contributed by atoms with Crippen molar-refractivity contribution in [2.24, 2.45) is 0 Å². The summed E-state index contributed by atoms with van der Waals surface area (Å²) in [5.74, 6) is -0.225. The van der Waals surface area contributed by atoms with Crippen LogP contribution in [0.5, 0.6) is 0 Å². The van der Waals surface area contributed by atoms with Gasteiger partial charge in [-0.05, 0) is 24.3 Å². The molecule has 1 fully saturated rings. The molecule has 0 saturated carbocycles. The second-order valence-corrected chi connectivity index (χ2v) is 5.05. The summed E-state index contributed by atoms with van der Waals surface area (Å²) in [5, 5.41) is 6.39. The number of rotatable bonds is 2.